The van der Waals surface area contributed by atoms with Gasteiger partial charge in [-0.25, -0.2) is 0 Å². The Balaban J connectivity index is 1.08. The number of carbonyl (C=O) groups is 1. The van der Waals surface area contributed by atoms with E-state index in [1.807, 2.05) is 11.1 Å². The van der Waals surface area contributed by atoms with Crippen LogP contribution in [0.25, 0.3) is 21.9 Å². The smallest absolute Gasteiger partial charge is 0.251 e. The highest BCUT2D eigenvalue weighted by molar-refractivity contribution is 5.87. The summed E-state index contributed by atoms with van der Waals surface area (Å²) in [7, 11) is 0. The average molecular weight is 443 g/mol. The lowest BCUT2D eigenvalue weighted by atomic mass is 10.0. The van der Waals surface area contributed by atoms with Crippen molar-refractivity contribution in [3.63, 3.8) is 0 Å². The maximum atomic E-state index is 12.5. The van der Waals surface area contributed by atoms with Gasteiger partial charge in [-0.1, -0.05) is 24.3 Å². The molecule has 0 radical (unpaired) electrons. The van der Waals surface area contributed by atoms with Crippen LogP contribution in [0.2, 0.25) is 0 Å². The molecule has 33 heavy (non-hydrogen) atoms. The lowest BCUT2D eigenvalue weighted by Gasteiger charge is -2.33. The second kappa shape index (κ2) is 8.79. The average Bonchev–Trinajstić information content (AvgIpc) is 3.57. The van der Waals surface area contributed by atoms with E-state index in [2.05, 4.69) is 53.5 Å². The summed E-state index contributed by atoms with van der Waals surface area (Å²) >= 11 is 0. The van der Waals surface area contributed by atoms with Gasteiger partial charge in [0, 0.05) is 55.7 Å². The molecule has 1 unspecified atom stereocenters. The monoisotopic (exact) mass is 442 g/mol. The van der Waals surface area contributed by atoms with Crippen LogP contribution in [-0.2, 0) is 9.53 Å². The first-order chi connectivity index (χ1) is 16.2. The van der Waals surface area contributed by atoms with Crippen molar-refractivity contribution in [2.24, 2.45) is 0 Å². The molecular formula is C28H30N2O3. The van der Waals surface area contributed by atoms with Gasteiger partial charge in [0.15, 0.2) is 0 Å². The molecule has 2 aliphatic heterocycles. The van der Waals surface area contributed by atoms with Gasteiger partial charge in [0.2, 0.25) is 0 Å². The minimum atomic E-state index is -0.221. The molecule has 3 fully saturated rings. The van der Waals surface area contributed by atoms with E-state index in [-0.39, 0.29) is 18.1 Å². The third kappa shape index (κ3) is 4.47. The van der Waals surface area contributed by atoms with Gasteiger partial charge in [0.25, 0.3) is 5.91 Å². The Hall–Kier alpha value is -2.92. The van der Waals surface area contributed by atoms with Gasteiger partial charge in [-0.05, 0) is 66.5 Å². The Labute approximate surface area is 194 Å². The van der Waals surface area contributed by atoms with Crippen LogP contribution < -0.4 is 4.74 Å². The first-order valence-electron chi connectivity index (χ1n) is 12.3. The van der Waals surface area contributed by atoms with E-state index in [4.69, 9.17) is 9.47 Å². The summed E-state index contributed by atoms with van der Waals surface area (Å²) in [6, 6.07) is 17.2. The van der Waals surface area contributed by atoms with E-state index < -0.39 is 0 Å². The summed E-state index contributed by atoms with van der Waals surface area (Å²) in [5.41, 5.74) is 3.63. The fourth-order valence-corrected chi connectivity index (χ4v) is 5.03. The van der Waals surface area contributed by atoms with Gasteiger partial charge in [0.1, 0.15) is 18.0 Å². The zero-order valence-corrected chi connectivity index (χ0v) is 18.9. The van der Waals surface area contributed by atoms with E-state index in [0.29, 0.717) is 12.5 Å². The molecule has 1 amide bonds. The molecule has 2 saturated heterocycles. The second-order valence-corrected chi connectivity index (χ2v) is 9.61. The molecule has 1 aromatic heterocycles. The number of nitrogens with zero attached hydrogens (tertiary/aromatic N) is 2. The Morgan fingerprint density at radius 1 is 0.909 bits per heavy atom. The number of benzene rings is 2. The van der Waals surface area contributed by atoms with Gasteiger partial charge in [-0.3, -0.25) is 9.78 Å². The summed E-state index contributed by atoms with van der Waals surface area (Å²) < 4.78 is 11.8. The lowest BCUT2D eigenvalue weighted by Crippen LogP contribution is -2.45. The first-order valence-corrected chi connectivity index (χ1v) is 12.3. The minimum Gasteiger partial charge on any atom is -0.490 e. The molecule has 2 aromatic carbocycles. The number of rotatable bonds is 5. The Morgan fingerprint density at radius 2 is 1.70 bits per heavy atom. The van der Waals surface area contributed by atoms with Gasteiger partial charge in [-0.15, -0.1) is 0 Å². The van der Waals surface area contributed by atoms with Crippen LogP contribution in [0.15, 0.2) is 54.7 Å². The predicted octanol–water partition coefficient (Wildman–Crippen LogP) is 5.33. The molecule has 0 N–H and O–H groups in total. The topological polar surface area (TPSA) is 51.7 Å². The van der Waals surface area contributed by atoms with Gasteiger partial charge < -0.3 is 14.4 Å². The van der Waals surface area contributed by atoms with Gasteiger partial charge in [0.05, 0.1) is 0 Å². The number of fused-ring (bicyclic) bond motifs is 1. The van der Waals surface area contributed by atoms with Crippen LogP contribution in [0.3, 0.4) is 0 Å². The molecule has 1 aliphatic carbocycles. The molecule has 5 heteroatoms. The van der Waals surface area contributed by atoms with Crippen molar-refractivity contribution in [1.82, 2.24) is 9.88 Å². The summed E-state index contributed by atoms with van der Waals surface area (Å²) in [6.45, 7) is 2.20. The third-order valence-corrected chi connectivity index (χ3v) is 7.19. The minimum absolute atomic E-state index is 0.151. The quantitative estimate of drug-likeness (QED) is 0.536. The molecule has 1 saturated carbocycles. The van der Waals surface area contributed by atoms with Crippen molar-refractivity contribution in [2.45, 2.75) is 56.7 Å². The lowest BCUT2D eigenvalue weighted by molar-refractivity contribution is -0.142. The molecule has 3 aliphatic rings. The van der Waals surface area contributed by atoms with E-state index >= 15 is 0 Å². The molecule has 3 heterocycles. The molecule has 5 nitrogen and oxygen atoms in total. The largest absolute Gasteiger partial charge is 0.490 e. The standard InChI is InChI=1S/C28H30N2O3/c31-28(27-2-1-15-32-27)30-13-11-25(12-14-30)33-24-9-7-19(8-10-24)21-5-6-22-18-29-26(20-3-4-20)17-23(22)16-21/h5-10,16-18,20,25,27H,1-4,11-15H2. The Kier molecular flexibility index (Phi) is 5.50. The summed E-state index contributed by atoms with van der Waals surface area (Å²) in [5.74, 6) is 1.71. The van der Waals surface area contributed by atoms with Crippen molar-refractivity contribution < 1.29 is 14.3 Å². The third-order valence-electron chi connectivity index (χ3n) is 7.19. The van der Waals surface area contributed by atoms with Crippen LogP contribution in [0.5, 0.6) is 5.75 Å². The van der Waals surface area contributed by atoms with Crippen molar-refractivity contribution in [2.75, 3.05) is 19.7 Å². The highest BCUT2D eigenvalue weighted by Gasteiger charge is 2.31. The summed E-state index contributed by atoms with van der Waals surface area (Å²) in [6.07, 6.45) is 8.04. The first kappa shape index (κ1) is 20.7. The van der Waals surface area contributed by atoms with E-state index in [1.54, 1.807) is 0 Å². The van der Waals surface area contributed by atoms with E-state index in [9.17, 15) is 4.79 Å². The van der Waals surface area contributed by atoms with Crippen LogP contribution in [0.4, 0.5) is 0 Å². The normalized spacial score (nSPS) is 21.5. The van der Waals surface area contributed by atoms with Crippen molar-refractivity contribution in [1.29, 1.82) is 0 Å². The number of hydrogen-bond acceptors (Lipinski definition) is 4. The molecule has 6 rings (SSSR count). The van der Waals surface area contributed by atoms with Gasteiger partial charge >= 0.3 is 0 Å². The molecule has 0 spiro atoms. The second-order valence-electron chi connectivity index (χ2n) is 9.61. The zero-order valence-electron chi connectivity index (χ0n) is 18.9. The van der Waals surface area contributed by atoms with Crippen molar-refractivity contribution in [3.8, 4) is 16.9 Å². The zero-order chi connectivity index (χ0) is 22.2. The molecule has 170 valence electrons. The van der Waals surface area contributed by atoms with Crippen LogP contribution in [0.1, 0.15) is 50.1 Å². The molecule has 1 atom stereocenters. The maximum Gasteiger partial charge on any atom is 0.251 e. The van der Waals surface area contributed by atoms with Crippen LogP contribution in [-0.4, -0.2) is 47.7 Å². The Morgan fingerprint density at radius 3 is 2.42 bits per heavy atom. The number of amides is 1. The van der Waals surface area contributed by atoms with E-state index in [1.165, 1.54) is 40.4 Å². The number of ether oxygens (including phenoxy) is 2. The van der Waals surface area contributed by atoms with Crippen molar-refractivity contribution >= 4 is 16.7 Å². The molecule has 3 aromatic rings. The van der Waals surface area contributed by atoms with E-state index in [0.717, 1.165) is 44.5 Å². The molecular weight excluding hydrogens is 412 g/mol. The SMILES string of the molecule is O=C(C1CCCO1)N1CCC(Oc2ccc(-c3ccc4cnc(C5CC5)cc4c3)cc2)CC1. The predicted molar refractivity (Wildman–Crippen MR) is 128 cm³/mol. The number of pyridine rings is 1. The fraction of sp³-hybridized carbons (Fsp3) is 0.429. The Bertz CT molecular complexity index is 1140. The number of carbonyl (C=O) groups excluding carboxylic acids is 1. The summed E-state index contributed by atoms with van der Waals surface area (Å²) in [4.78, 5) is 19.1. The molecule has 0 bridgehead atoms. The number of hydrogen-bond donors (Lipinski definition) is 0. The number of piperidine rings is 1. The maximum absolute atomic E-state index is 12.5. The van der Waals surface area contributed by atoms with Gasteiger partial charge in [-0.2, -0.15) is 0 Å². The number of aromatic nitrogens is 1. The summed E-state index contributed by atoms with van der Waals surface area (Å²) in [5, 5.41) is 2.45. The van der Waals surface area contributed by atoms with Crippen LogP contribution >= 0.6 is 0 Å². The number of likely N-dealkylation sites (tertiary alicyclic amines) is 1. The highest BCUT2D eigenvalue weighted by Crippen LogP contribution is 2.40. The van der Waals surface area contributed by atoms with Crippen LogP contribution in [0, 0.1) is 0 Å². The highest BCUT2D eigenvalue weighted by atomic mass is 16.5. The fourth-order valence-electron chi connectivity index (χ4n) is 5.03. The van der Waals surface area contributed by atoms with Crippen molar-refractivity contribution in [3.05, 3.63) is 60.4 Å².